The van der Waals surface area contributed by atoms with Crippen LogP contribution in [0.5, 0.6) is 0 Å². The van der Waals surface area contributed by atoms with Crippen LogP contribution in [0.4, 0.5) is 4.79 Å². The highest BCUT2D eigenvalue weighted by molar-refractivity contribution is 8.05. The van der Waals surface area contributed by atoms with Crippen LogP contribution in [0.1, 0.15) is 49.6 Å². The van der Waals surface area contributed by atoms with Crippen molar-refractivity contribution >= 4 is 47.4 Å². The predicted molar refractivity (Wildman–Crippen MR) is 175 cm³/mol. The molecule has 0 radical (unpaired) electrons. The fourth-order valence-corrected chi connectivity index (χ4v) is 7.34. The summed E-state index contributed by atoms with van der Waals surface area (Å²) < 4.78 is 11.5. The van der Waals surface area contributed by atoms with Gasteiger partial charge in [-0.25, -0.2) is 9.59 Å². The van der Waals surface area contributed by atoms with Gasteiger partial charge in [0.1, 0.15) is 28.8 Å². The summed E-state index contributed by atoms with van der Waals surface area (Å²) in [6, 6.07) is 25.6. The first kappa shape index (κ1) is 32.2. The number of hydrogen-bond acceptors (Lipinski definition) is 8. The monoisotopic (exact) mass is 645 g/mol. The Morgan fingerprint density at radius 2 is 1.42 bits per heavy atom. The van der Waals surface area contributed by atoms with Crippen molar-refractivity contribution in [3.63, 3.8) is 0 Å². The van der Waals surface area contributed by atoms with Crippen LogP contribution in [0.25, 0.3) is 0 Å². The molecule has 45 heavy (non-hydrogen) atoms. The molecule has 0 aliphatic carbocycles. The molecule has 1 saturated heterocycles. The van der Waals surface area contributed by atoms with E-state index in [2.05, 4.69) is 10.6 Å². The number of hydrogen-bond donors (Lipinski definition) is 2. The number of β-lactam (4-membered cyclic amide) rings is 1. The quantitative estimate of drug-likeness (QED) is 0.230. The van der Waals surface area contributed by atoms with Crippen LogP contribution in [0.3, 0.4) is 0 Å². The summed E-state index contributed by atoms with van der Waals surface area (Å²) in [7, 11) is 0. The average molecular weight is 646 g/mol. The predicted octanol–water partition coefficient (Wildman–Crippen LogP) is 5.56. The number of carbonyl (C=O) groups is 4. The molecule has 2 N–H and O–H groups in total. The Balaban J connectivity index is 1.35. The molecule has 3 aromatic carbocycles. The number of nitrogens with one attached hydrogen (secondary N) is 2. The first-order valence-electron chi connectivity index (χ1n) is 14.4. The van der Waals surface area contributed by atoms with E-state index in [4.69, 9.17) is 9.47 Å². The van der Waals surface area contributed by atoms with Crippen molar-refractivity contribution in [1.82, 2.24) is 15.5 Å². The largest absolute Gasteiger partial charge is 0.448 e. The van der Waals surface area contributed by atoms with Crippen LogP contribution < -0.4 is 10.6 Å². The third-order valence-electron chi connectivity index (χ3n) is 7.16. The van der Waals surface area contributed by atoms with Crippen molar-refractivity contribution in [3.8, 4) is 0 Å². The third kappa shape index (κ3) is 7.37. The zero-order valence-electron chi connectivity index (χ0n) is 25.4. The molecule has 0 bridgehead atoms. The first-order valence-corrected chi connectivity index (χ1v) is 16.7. The second-order valence-electron chi connectivity index (χ2n) is 11.5. The van der Waals surface area contributed by atoms with Crippen molar-refractivity contribution in [2.45, 2.75) is 49.9 Å². The number of fused-ring (bicyclic) bond motifs is 1. The van der Waals surface area contributed by atoms with E-state index in [0.717, 1.165) is 11.1 Å². The molecule has 9 nitrogen and oxygen atoms in total. The van der Waals surface area contributed by atoms with Gasteiger partial charge in [0.15, 0.2) is 6.10 Å². The molecule has 234 valence electrons. The van der Waals surface area contributed by atoms with Crippen LogP contribution in [0.15, 0.2) is 102 Å². The highest BCUT2D eigenvalue weighted by Gasteiger charge is 2.55. The Hall–Kier alpha value is -4.22. The Morgan fingerprint density at radius 3 is 1.93 bits per heavy atom. The lowest BCUT2D eigenvalue weighted by Gasteiger charge is -2.49. The summed E-state index contributed by atoms with van der Waals surface area (Å²) in [6.07, 6.45) is 0.413. The Labute approximate surface area is 271 Å². The lowest BCUT2D eigenvalue weighted by Crippen LogP contribution is -2.71. The van der Waals surface area contributed by atoms with Gasteiger partial charge in [-0.2, -0.15) is 0 Å². The fraction of sp³-hybridized carbons (Fsp3) is 0.294. The maximum atomic E-state index is 13.9. The topological polar surface area (TPSA) is 114 Å². The van der Waals surface area contributed by atoms with E-state index in [1.165, 1.54) is 28.4 Å². The van der Waals surface area contributed by atoms with Crippen LogP contribution in [-0.2, 0) is 23.9 Å². The van der Waals surface area contributed by atoms with Crippen molar-refractivity contribution < 1.29 is 28.7 Å². The van der Waals surface area contributed by atoms with E-state index in [-0.39, 0.29) is 5.70 Å². The second kappa shape index (κ2) is 13.8. The number of rotatable bonds is 9. The lowest BCUT2D eigenvalue weighted by atomic mass is 10.0. The van der Waals surface area contributed by atoms with E-state index >= 15 is 0 Å². The van der Waals surface area contributed by atoms with Gasteiger partial charge < -0.3 is 20.1 Å². The second-order valence-corrected chi connectivity index (χ2v) is 13.5. The number of carbonyl (C=O) groups excluding carboxylic acids is 4. The summed E-state index contributed by atoms with van der Waals surface area (Å²) >= 11 is 2.84. The van der Waals surface area contributed by atoms with E-state index in [1.54, 1.807) is 51.1 Å². The number of ether oxygens (including phenoxy) is 2. The number of alkyl carbamates (subject to hydrolysis) is 1. The molecular weight excluding hydrogens is 611 g/mol. The molecular formula is C34H35N3O6S2. The summed E-state index contributed by atoms with van der Waals surface area (Å²) in [5.74, 6) is -1.15. The molecule has 1 unspecified atom stereocenters. The van der Waals surface area contributed by atoms with E-state index < -0.39 is 53.0 Å². The van der Waals surface area contributed by atoms with E-state index in [0.29, 0.717) is 16.2 Å². The Bertz CT molecular complexity index is 1540. The first-order chi connectivity index (χ1) is 21.6. The van der Waals surface area contributed by atoms with Gasteiger partial charge in [-0.15, -0.1) is 23.5 Å². The van der Waals surface area contributed by atoms with Crippen LogP contribution in [0, 0.1) is 0 Å². The highest BCUT2D eigenvalue weighted by Crippen LogP contribution is 2.44. The molecule has 11 heteroatoms. The van der Waals surface area contributed by atoms with Crippen molar-refractivity contribution in [1.29, 1.82) is 0 Å². The van der Waals surface area contributed by atoms with Gasteiger partial charge in [0.05, 0.1) is 0 Å². The van der Waals surface area contributed by atoms with Gasteiger partial charge in [-0.1, -0.05) is 91.0 Å². The molecule has 3 amide bonds. The summed E-state index contributed by atoms with van der Waals surface area (Å²) in [5, 5.41) is 4.93. The number of esters is 1. The average Bonchev–Trinajstić information content (AvgIpc) is 3.04. The lowest BCUT2D eigenvalue weighted by molar-refractivity contribution is -0.154. The van der Waals surface area contributed by atoms with Crippen LogP contribution >= 0.6 is 23.5 Å². The summed E-state index contributed by atoms with van der Waals surface area (Å²) in [4.78, 5) is 55.9. The highest BCUT2D eigenvalue weighted by atomic mass is 32.2. The molecule has 0 aromatic heterocycles. The minimum Gasteiger partial charge on any atom is -0.448 e. The Kier molecular flexibility index (Phi) is 9.89. The number of thioether (sulfide) groups is 2. The molecule has 3 aromatic rings. The minimum absolute atomic E-state index is 0.185. The van der Waals surface area contributed by atoms with Crippen LogP contribution in [-0.4, -0.2) is 57.8 Å². The molecule has 0 spiro atoms. The zero-order chi connectivity index (χ0) is 32.1. The molecule has 2 heterocycles. The van der Waals surface area contributed by atoms with Gasteiger partial charge in [0.25, 0.3) is 5.91 Å². The van der Waals surface area contributed by atoms with E-state index in [9.17, 15) is 19.2 Å². The van der Waals surface area contributed by atoms with E-state index in [1.807, 2.05) is 66.9 Å². The van der Waals surface area contributed by atoms with Gasteiger partial charge in [-0.05, 0) is 43.7 Å². The smallest absolute Gasteiger partial charge is 0.408 e. The molecule has 2 aliphatic heterocycles. The minimum atomic E-state index is -1.10. The van der Waals surface area contributed by atoms with Gasteiger partial charge in [0, 0.05) is 10.7 Å². The zero-order valence-corrected chi connectivity index (χ0v) is 27.0. The van der Waals surface area contributed by atoms with Crippen molar-refractivity contribution in [2.24, 2.45) is 0 Å². The standard InChI is InChI=1S/C34H35N3O6S2/c1-34(2,3)43-33(41)36-25(21-14-8-5-9-15-21)29(38)35-26-30(39)37-27(24(44-4)20-45-31(26)37)32(40)42-28(22-16-10-6-11-17-22)23-18-12-7-13-19-23/h5-19,25-26,28,31H,20H2,1-4H3,(H,35,38)(H,36,41)/t25?,26-,31+/m1/s1. The van der Waals surface area contributed by atoms with Crippen molar-refractivity contribution in [2.75, 3.05) is 12.0 Å². The maximum Gasteiger partial charge on any atom is 0.408 e. The normalized spacial score (nSPS) is 18.4. The van der Waals surface area contributed by atoms with Crippen molar-refractivity contribution in [3.05, 3.63) is 118 Å². The SMILES string of the molecule is CSC1=C(C(=O)OC(c2ccccc2)c2ccccc2)N2C(=O)[C@@H](NC(=O)C(NC(=O)OC(C)(C)C)c3ccccc3)[C@@H]2SC1. The van der Waals surface area contributed by atoms with Gasteiger partial charge in [-0.3, -0.25) is 14.5 Å². The molecule has 1 fully saturated rings. The number of nitrogens with zero attached hydrogens (tertiary/aromatic N) is 1. The Morgan fingerprint density at radius 1 is 0.889 bits per heavy atom. The number of amides is 3. The van der Waals surface area contributed by atoms with Crippen LogP contribution in [0.2, 0.25) is 0 Å². The molecule has 5 rings (SSSR count). The molecule has 3 atom stereocenters. The maximum absolute atomic E-state index is 13.9. The summed E-state index contributed by atoms with van der Waals surface area (Å²) in [6.45, 7) is 5.19. The molecule has 0 saturated carbocycles. The van der Waals surface area contributed by atoms with Gasteiger partial charge >= 0.3 is 12.1 Å². The number of benzene rings is 3. The van der Waals surface area contributed by atoms with Gasteiger partial charge in [0.2, 0.25) is 5.91 Å². The summed E-state index contributed by atoms with van der Waals surface area (Å²) in [5.41, 5.74) is 1.55. The molecule has 2 aliphatic rings. The fourth-order valence-electron chi connectivity index (χ4n) is 5.09. The third-order valence-corrected chi connectivity index (χ3v) is 9.45.